The van der Waals surface area contributed by atoms with Crippen LogP contribution in [0.15, 0.2) is 41.0 Å². The zero-order chi connectivity index (χ0) is 12.8. The molecule has 0 fully saturated rings. The van der Waals surface area contributed by atoms with Gasteiger partial charge < -0.3 is 9.47 Å². The molecule has 94 valence electrons. The van der Waals surface area contributed by atoms with Crippen LogP contribution in [0.2, 0.25) is 5.28 Å². The summed E-state index contributed by atoms with van der Waals surface area (Å²) in [5, 5.41) is 0.150. The van der Waals surface area contributed by atoms with E-state index in [0.29, 0.717) is 23.6 Å². The van der Waals surface area contributed by atoms with Gasteiger partial charge in [-0.2, -0.15) is 4.98 Å². The molecule has 0 saturated carbocycles. The second kappa shape index (κ2) is 6.56. The lowest BCUT2D eigenvalue weighted by atomic mass is 10.3. The average molecular weight is 330 g/mol. The first-order valence-corrected chi connectivity index (χ1v) is 6.41. The predicted molar refractivity (Wildman–Crippen MR) is 72.2 cm³/mol. The molecule has 6 heteroatoms. The van der Waals surface area contributed by atoms with Crippen LogP contribution in [-0.4, -0.2) is 23.2 Å². The van der Waals surface area contributed by atoms with E-state index < -0.39 is 0 Å². The van der Waals surface area contributed by atoms with Gasteiger partial charge in [-0.3, -0.25) is 0 Å². The third-order valence-corrected chi connectivity index (χ3v) is 2.74. The van der Waals surface area contributed by atoms with Crippen LogP contribution < -0.4 is 9.47 Å². The van der Waals surface area contributed by atoms with E-state index in [9.17, 15) is 0 Å². The van der Waals surface area contributed by atoms with Gasteiger partial charge in [-0.05, 0) is 39.7 Å². The van der Waals surface area contributed by atoms with E-state index in [1.807, 2.05) is 30.3 Å². The second-order valence-corrected chi connectivity index (χ2v) is 4.49. The average Bonchev–Trinajstić information content (AvgIpc) is 2.40. The van der Waals surface area contributed by atoms with Crippen molar-refractivity contribution >= 4 is 27.5 Å². The molecule has 0 unspecified atom stereocenters. The molecule has 2 rings (SSSR count). The normalized spacial score (nSPS) is 10.1. The summed E-state index contributed by atoms with van der Waals surface area (Å²) in [5.41, 5.74) is 0. The van der Waals surface area contributed by atoms with Crippen LogP contribution in [0.3, 0.4) is 0 Å². The number of rotatable bonds is 5. The standard InChI is InChI=1S/C12H10BrClN2O2/c13-10-8-15-12(14)16-11(10)18-7-6-17-9-4-2-1-3-5-9/h1-5,8H,6-7H2. The van der Waals surface area contributed by atoms with Crippen LogP contribution in [0.4, 0.5) is 0 Å². The van der Waals surface area contributed by atoms with Gasteiger partial charge in [-0.1, -0.05) is 18.2 Å². The van der Waals surface area contributed by atoms with Crippen LogP contribution in [0.5, 0.6) is 11.6 Å². The third kappa shape index (κ3) is 3.85. The molecule has 0 saturated heterocycles. The highest BCUT2D eigenvalue weighted by molar-refractivity contribution is 9.10. The number of benzene rings is 1. The molecule has 0 spiro atoms. The van der Waals surface area contributed by atoms with Gasteiger partial charge in [0.15, 0.2) is 0 Å². The fraction of sp³-hybridized carbons (Fsp3) is 0.167. The summed E-state index contributed by atoms with van der Waals surface area (Å²) in [6.07, 6.45) is 1.54. The summed E-state index contributed by atoms with van der Waals surface area (Å²) in [7, 11) is 0. The Labute approximate surface area is 118 Å². The molecule has 0 N–H and O–H groups in total. The maximum Gasteiger partial charge on any atom is 0.232 e. The molecule has 1 heterocycles. The molecule has 2 aromatic rings. The van der Waals surface area contributed by atoms with E-state index in [4.69, 9.17) is 21.1 Å². The van der Waals surface area contributed by atoms with E-state index in [0.717, 1.165) is 5.75 Å². The number of halogens is 2. The second-order valence-electron chi connectivity index (χ2n) is 3.30. The monoisotopic (exact) mass is 328 g/mol. The first kappa shape index (κ1) is 13.1. The number of nitrogens with zero attached hydrogens (tertiary/aromatic N) is 2. The minimum Gasteiger partial charge on any atom is -0.490 e. The molecular formula is C12H10BrClN2O2. The number of hydrogen-bond donors (Lipinski definition) is 0. The topological polar surface area (TPSA) is 44.2 Å². The van der Waals surface area contributed by atoms with Gasteiger partial charge in [0.2, 0.25) is 11.2 Å². The van der Waals surface area contributed by atoms with E-state index in [2.05, 4.69) is 25.9 Å². The largest absolute Gasteiger partial charge is 0.490 e. The molecule has 1 aromatic heterocycles. The van der Waals surface area contributed by atoms with E-state index in [1.54, 1.807) is 6.20 Å². The van der Waals surface area contributed by atoms with Crippen LogP contribution in [0, 0.1) is 0 Å². The molecule has 0 aliphatic carbocycles. The Balaban J connectivity index is 1.80. The fourth-order valence-electron chi connectivity index (χ4n) is 1.25. The van der Waals surface area contributed by atoms with Crippen LogP contribution in [0.25, 0.3) is 0 Å². The summed E-state index contributed by atoms with van der Waals surface area (Å²) < 4.78 is 11.6. The van der Waals surface area contributed by atoms with Gasteiger partial charge >= 0.3 is 0 Å². The zero-order valence-corrected chi connectivity index (χ0v) is 11.7. The Morgan fingerprint density at radius 3 is 2.61 bits per heavy atom. The molecule has 18 heavy (non-hydrogen) atoms. The van der Waals surface area contributed by atoms with Crippen LogP contribution >= 0.6 is 27.5 Å². The van der Waals surface area contributed by atoms with Gasteiger partial charge in [-0.15, -0.1) is 0 Å². The summed E-state index contributed by atoms with van der Waals surface area (Å²) in [6, 6.07) is 9.53. The molecule has 0 aliphatic rings. The number of hydrogen-bond acceptors (Lipinski definition) is 4. The Morgan fingerprint density at radius 2 is 1.83 bits per heavy atom. The van der Waals surface area contributed by atoms with Crippen molar-refractivity contribution in [2.45, 2.75) is 0 Å². The van der Waals surface area contributed by atoms with Crippen molar-refractivity contribution in [2.24, 2.45) is 0 Å². The van der Waals surface area contributed by atoms with Gasteiger partial charge in [0.1, 0.15) is 19.0 Å². The predicted octanol–water partition coefficient (Wildman–Crippen LogP) is 3.35. The molecule has 0 atom stereocenters. The summed E-state index contributed by atoms with van der Waals surface area (Å²) in [5.74, 6) is 1.22. The van der Waals surface area contributed by atoms with Crippen molar-refractivity contribution in [3.8, 4) is 11.6 Å². The zero-order valence-electron chi connectivity index (χ0n) is 9.35. The fourth-order valence-corrected chi connectivity index (χ4v) is 1.68. The van der Waals surface area contributed by atoms with Crippen molar-refractivity contribution in [2.75, 3.05) is 13.2 Å². The summed E-state index contributed by atoms with van der Waals surface area (Å²) in [4.78, 5) is 7.76. The Kier molecular flexibility index (Phi) is 4.78. The maximum absolute atomic E-state index is 5.67. The quantitative estimate of drug-likeness (QED) is 0.623. The highest BCUT2D eigenvalue weighted by atomic mass is 79.9. The lowest BCUT2D eigenvalue weighted by Crippen LogP contribution is -2.10. The molecule has 4 nitrogen and oxygen atoms in total. The van der Waals surface area contributed by atoms with Crippen LogP contribution in [0.1, 0.15) is 0 Å². The first-order chi connectivity index (χ1) is 8.75. The van der Waals surface area contributed by atoms with Crippen molar-refractivity contribution < 1.29 is 9.47 Å². The number of aromatic nitrogens is 2. The van der Waals surface area contributed by atoms with Crippen molar-refractivity contribution in [1.29, 1.82) is 0 Å². The first-order valence-electron chi connectivity index (χ1n) is 5.24. The van der Waals surface area contributed by atoms with Gasteiger partial charge in [-0.25, -0.2) is 4.98 Å². The highest BCUT2D eigenvalue weighted by Gasteiger charge is 2.04. The van der Waals surface area contributed by atoms with Gasteiger partial charge in [0.25, 0.3) is 0 Å². The van der Waals surface area contributed by atoms with Gasteiger partial charge in [0.05, 0.1) is 4.47 Å². The van der Waals surface area contributed by atoms with Crippen molar-refractivity contribution in [1.82, 2.24) is 9.97 Å². The molecular weight excluding hydrogens is 320 g/mol. The molecule has 1 aromatic carbocycles. The molecule has 0 bridgehead atoms. The Hall–Kier alpha value is -1.33. The minimum absolute atomic E-state index is 0.150. The number of ether oxygens (including phenoxy) is 2. The van der Waals surface area contributed by atoms with E-state index in [-0.39, 0.29) is 5.28 Å². The smallest absolute Gasteiger partial charge is 0.232 e. The van der Waals surface area contributed by atoms with E-state index >= 15 is 0 Å². The third-order valence-electron chi connectivity index (χ3n) is 2.02. The van der Waals surface area contributed by atoms with Gasteiger partial charge in [0, 0.05) is 6.20 Å². The SMILES string of the molecule is Clc1ncc(Br)c(OCCOc2ccccc2)n1. The summed E-state index contributed by atoms with van der Waals surface area (Å²) >= 11 is 8.95. The van der Waals surface area contributed by atoms with Crippen molar-refractivity contribution in [3.63, 3.8) is 0 Å². The lowest BCUT2D eigenvalue weighted by molar-refractivity contribution is 0.211. The Morgan fingerprint density at radius 1 is 1.11 bits per heavy atom. The molecule has 0 amide bonds. The molecule has 0 radical (unpaired) electrons. The van der Waals surface area contributed by atoms with Crippen LogP contribution in [-0.2, 0) is 0 Å². The lowest BCUT2D eigenvalue weighted by Gasteiger charge is -2.08. The minimum atomic E-state index is 0.150. The Bertz CT molecular complexity index is 511. The van der Waals surface area contributed by atoms with E-state index in [1.165, 1.54) is 0 Å². The highest BCUT2D eigenvalue weighted by Crippen LogP contribution is 2.22. The maximum atomic E-state index is 5.67. The molecule has 0 aliphatic heterocycles. The van der Waals surface area contributed by atoms with Crippen molar-refractivity contribution in [3.05, 3.63) is 46.3 Å². The summed E-state index contributed by atoms with van der Waals surface area (Å²) in [6.45, 7) is 0.804. The number of para-hydroxylation sites is 1.